The minimum atomic E-state index is -0.296. The third-order valence-electron chi connectivity index (χ3n) is 5.21. The zero-order chi connectivity index (χ0) is 21.9. The number of hydrogen-bond acceptors (Lipinski definition) is 5. The van der Waals surface area contributed by atoms with Gasteiger partial charge in [-0.1, -0.05) is 36.4 Å². The van der Waals surface area contributed by atoms with Crippen LogP contribution in [0.5, 0.6) is 0 Å². The van der Waals surface area contributed by atoms with Crippen molar-refractivity contribution in [3.63, 3.8) is 0 Å². The van der Waals surface area contributed by atoms with E-state index in [0.717, 1.165) is 44.4 Å². The van der Waals surface area contributed by atoms with Gasteiger partial charge in [-0.25, -0.2) is 4.79 Å². The van der Waals surface area contributed by atoms with Crippen molar-refractivity contribution in [1.29, 1.82) is 0 Å². The lowest BCUT2D eigenvalue weighted by atomic mass is 10.1. The number of ether oxygens (including phenoxy) is 2. The zero-order valence-electron chi connectivity index (χ0n) is 18.8. The molecule has 3 rings (SSSR count). The lowest BCUT2D eigenvalue weighted by Crippen LogP contribution is -2.37. The Morgan fingerprint density at radius 1 is 1.03 bits per heavy atom. The van der Waals surface area contributed by atoms with Crippen LogP contribution in [0.4, 0.5) is 0 Å². The van der Waals surface area contributed by atoms with Crippen LogP contribution >= 0.6 is 24.0 Å². The molecule has 7 nitrogen and oxygen atoms in total. The van der Waals surface area contributed by atoms with Crippen LogP contribution in [0.2, 0.25) is 0 Å². The van der Waals surface area contributed by atoms with Crippen LogP contribution in [-0.2, 0) is 29.1 Å². The topological polar surface area (TPSA) is 75.2 Å². The first-order valence-corrected chi connectivity index (χ1v) is 10.8. The molecule has 0 aromatic heterocycles. The molecule has 1 heterocycles. The van der Waals surface area contributed by atoms with Crippen LogP contribution < -0.4 is 10.6 Å². The average molecular weight is 552 g/mol. The minimum absolute atomic E-state index is 0. The van der Waals surface area contributed by atoms with E-state index in [2.05, 4.69) is 44.8 Å². The Kier molecular flexibility index (Phi) is 11.5. The smallest absolute Gasteiger partial charge is 0.338 e. The monoisotopic (exact) mass is 552 g/mol. The van der Waals surface area contributed by atoms with Crippen molar-refractivity contribution in [2.75, 3.05) is 40.0 Å². The van der Waals surface area contributed by atoms with Crippen molar-refractivity contribution in [2.45, 2.75) is 26.6 Å². The predicted octanol–water partition coefficient (Wildman–Crippen LogP) is 3.18. The van der Waals surface area contributed by atoms with Gasteiger partial charge in [0.1, 0.15) is 0 Å². The van der Waals surface area contributed by atoms with E-state index in [0.29, 0.717) is 25.3 Å². The molecule has 0 saturated carbocycles. The summed E-state index contributed by atoms with van der Waals surface area (Å²) in [7, 11) is 1.76. The van der Waals surface area contributed by atoms with Gasteiger partial charge in [0.05, 0.1) is 25.4 Å². The SMILES string of the molecule is CCOC(=O)c1ccc(CNC(=NC)NCc2ccccc2CN2CCOCC2)cc1.I. The molecule has 1 aliphatic heterocycles. The van der Waals surface area contributed by atoms with Gasteiger partial charge < -0.3 is 20.1 Å². The predicted molar refractivity (Wildman–Crippen MR) is 137 cm³/mol. The summed E-state index contributed by atoms with van der Waals surface area (Å²) in [6.07, 6.45) is 0. The third kappa shape index (κ3) is 8.07. The third-order valence-corrected chi connectivity index (χ3v) is 5.21. The van der Waals surface area contributed by atoms with E-state index in [1.165, 1.54) is 11.1 Å². The second-order valence-corrected chi connectivity index (χ2v) is 7.35. The first kappa shape index (κ1) is 26.1. The Labute approximate surface area is 207 Å². The number of rotatable bonds is 8. The molecule has 1 saturated heterocycles. The van der Waals surface area contributed by atoms with Crippen LogP contribution in [0.3, 0.4) is 0 Å². The molecule has 0 atom stereocenters. The van der Waals surface area contributed by atoms with E-state index in [1.54, 1.807) is 26.1 Å². The highest BCUT2D eigenvalue weighted by atomic mass is 127. The minimum Gasteiger partial charge on any atom is -0.462 e. The molecular weight excluding hydrogens is 519 g/mol. The number of benzene rings is 2. The van der Waals surface area contributed by atoms with Crippen molar-refractivity contribution >= 4 is 35.9 Å². The highest BCUT2D eigenvalue weighted by Crippen LogP contribution is 2.13. The molecule has 1 fully saturated rings. The number of halogens is 1. The van der Waals surface area contributed by atoms with E-state index in [4.69, 9.17) is 9.47 Å². The van der Waals surface area contributed by atoms with E-state index < -0.39 is 0 Å². The standard InChI is InChI=1S/C24H32N4O3.HI/c1-3-31-23(29)20-10-8-19(9-11-20)16-26-24(25-2)27-17-21-6-4-5-7-22(21)18-28-12-14-30-15-13-28;/h4-11H,3,12-18H2,1-2H3,(H2,25,26,27);1H. The molecule has 0 amide bonds. The van der Waals surface area contributed by atoms with Gasteiger partial charge in [0, 0.05) is 39.8 Å². The fourth-order valence-corrected chi connectivity index (χ4v) is 3.44. The molecule has 0 aliphatic carbocycles. The first-order chi connectivity index (χ1) is 15.2. The number of nitrogens with one attached hydrogen (secondary N) is 2. The largest absolute Gasteiger partial charge is 0.462 e. The summed E-state index contributed by atoms with van der Waals surface area (Å²) in [6.45, 7) is 7.96. The van der Waals surface area contributed by atoms with E-state index in [9.17, 15) is 4.79 Å². The summed E-state index contributed by atoms with van der Waals surface area (Å²) in [4.78, 5) is 18.5. The van der Waals surface area contributed by atoms with E-state index >= 15 is 0 Å². The van der Waals surface area contributed by atoms with Crippen molar-refractivity contribution in [2.24, 2.45) is 4.99 Å². The number of carbonyl (C=O) groups excluding carboxylic acids is 1. The summed E-state index contributed by atoms with van der Waals surface area (Å²) >= 11 is 0. The van der Waals surface area contributed by atoms with Gasteiger partial charge in [-0.15, -0.1) is 24.0 Å². The number of carbonyl (C=O) groups is 1. The number of nitrogens with zero attached hydrogens (tertiary/aromatic N) is 2. The highest BCUT2D eigenvalue weighted by molar-refractivity contribution is 14.0. The van der Waals surface area contributed by atoms with Gasteiger partial charge in [-0.05, 0) is 35.7 Å². The quantitative estimate of drug-likeness (QED) is 0.227. The molecule has 2 aromatic rings. The summed E-state index contributed by atoms with van der Waals surface area (Å²) in [5, 5.41) is 6.73. The van der Waals surface area contributed by atoms with Gasteiger partial charge in [0.15, 0.2) is 5.96 Å². The number of guanidine groups is 1. The number of aliphatic imine (C=N–C) groups is 1. The van der Waals surface area contributed by atoms with Crippen molar-refractivity contribution in [1.82, 2.24) is 15.5 Å². The van der Waals surface area contributed by atoms with Gasteiger partial charge in [-0.3, -0.25) is 9.89 Å². The molecule has 174 valence electrons. The van der Waals surface area contributed by atoms with Crippen LogP contribution in [0, 0.1) is 0 Å². The van der Waals surface area contributed by atoms with Crippen molar-refractivity contribution in [3.05, 3.63) is 70.8 Å². The maximum atomic E-state index is 11.8. The van der Waals surface area contributed by atoms with Crippen LogP contribution in [-0.4, -0.2) is 56.8 Å². The van der Waals surface area contributed by atoms with Gasteiger partial charge in [0.25, 0.3) is 0 Å². The second kappa shape index (κ2) is 14.1. The molecule has 0 radical (unpaired) electrons. The summed E-state index contributed by atoms with van der Waals surface area (Å²) in [6, 6.07) is 15.9. The maximum Gasteiger partial charge on any atom is 0.338 e. The maximum absolute atomic E-state index is 11.8. The molecule has 32 heavy (non-hydrogen) atoms. The van der Waals surface area contributed by atoms with Crippen LogP contribution in [0.25, 0.3) is 0 Å². The van der Waals surface area contributed by atoms with Crippen molar-refractivity contribution in [3.8, 4) is 0 Å². The Balaban J connectivity index is 0.00000363. The summed E-state index contributed by atoms with van der Waals surface area (Å²) in [5.74, 6) is 0.436. The Morgan fingerprint density at radius 3 is 2.34 bits per heavy atom. The fraction of sp³-hybridized carbons (Fsp3) is 0.417. The second-order valence-electron chi connectivity index (χ2n) is 7.35. The number of morpholine rings is 1. The van der Waals surface area contributed by atoms with Gasteiger partial charge in [0.2, 0.25) is 0 Å². The molecule has 2 aromatic carbocycles. The molecule has 8 heteroatoms. The zero-order valence-corrected chi connectivity index (χ0v) is 21.1. The van der Waals surface area contributed by atoms with E-state index in [-0.39, 0.29) is 29.9 Å². The Hall–Kier alpha value is -2.17. The lowest BCUT2D eigenvalue weighted by molar-refractivity contribution is 0.0340. The van der Waals surface area contributed by atoms with E-state index in [1.807, 2.05) is 12.1 Å². The molecular formula is C24H33IN4O3. The van der Waals surface area contributed by atoms with Crippen LogP contribution in [0.15, 0.2) is 53.5 Å². The summed E-state index contributed by atoms with van der Waals surface area (Å²) in [5.41, 5.74) is 4.20. The molecule has 1 aliphatic rings. The normalized spacial score (nSPS) is 14.4. The molecule has 0 unspecified atom stereocenters. The molecule has 0 spiro atoms. The number of hydrogen-bond donors (Lipinski definition) is 2. The number of esters is 1. The average Bonchev–Trinajstić information content (AvgIpc) is 2.81. The molecule has 2 N–H and O–H groups in total. The fourth-order valence-electron chi connectivity index (χ4n) is 3.44. The van der Waals surface area contributed by atoms with Gasteiger partial charge >= 0.3 is 5.97 Å². The van der Waals surface area contributed by atoms with Crippen molar-refractivity contribution < 1.29 is 14.3 Å². The van der Waals surface area contributed by atoms with Gasteiger partial charge in [-0.2, -0.15) is 0 Å². The Morgan fingerprint density at radius 2 is 1.69 bits per heavy atom. The molecule has 0 bridgehead atoms. The summed E-state index contributed by atoms with van der Waals surface area (Å²) < 4.78 is 10.5. The highest BCUT2D eigenvalue weighted by Gasteiger charge is 2.13. The lowest BCUT2D eigenvalue weighted by Gasteiger charge is -2.27. The first-order valence-electron chi connectivity index (χ1n) is 10.8. The van der Waals surface area contributed by atoms with Crippen LogP contribution in [0.1, 0.15) is 34.0 Å². The Bertz CT molecular complexity index is 868.